The molecule has 3 rings (SSSR count). The standard InChI is InChI=1S/C18H25N5O3S/c1-12-10-15(22-26-12)20-18(25)13(2)27-11-17(24)21-16-8-9-19-23(16)14-6-4-3-5-7-14/h8-10,13-14H,3-7,11H2,1-2H3,(H,21,24)(H,20,22,25). The lowest BCUT2D eigenvalue weighted by molar-refractivity contribution is -0.115. The average Bonchev–Trinajstić information content (AvgIpc) is 3.29. The summed E-state index contributed by atoms with van der Waals surface area (Å²) in [6, 6.07) is 3.82. The van der Waals surface area contributed by atoms with E-state index in [0.29, 0.717) is 17.6 Å². The van der Waals surface area contributed by atoms with Gasteiger partial charge in [0.25, 0.3) is 0 Å². The van der Waals surface area contributed by atoms with Crippen LogP contribution in [-0.2, 0) is 9.59 Å². The topological polar surface area (TPSA) is 102 Å². The number of thioether (sulfide) groups is 1. The van der Waals surface area contributed by atoms with Crippen LogP contribution in [0.1, 0.15) is 50.8 Å². The first-order valence-electron chi connectivity index (χ1n) is 9.22. The molecule has 0 radical (unpaired) electrons. The molecule has 146 valence electrons. The van der Waals surface area contributed by atoms with Gasteiger partial charge in [0.1, 0.15) is 11.6 Å². The number of nitrogens with zero attached hydrogens (tertiary/aromatic N) is 3. The number of nitrogens with one attached hydrogen (secondary N) is 2. The fourth-order valence-electron chi connectivity index (χ4n) is 3.14. The Morgan fingerprint density at radius 1 is 1.33 bits per heavy atom. The van der Waals surface area contributed by atoms with Crippen LogP contribution < -0.4 is 10.6 Å². The zero-order valence-electron chi connectivity index (χ0n) is 15.6. The predicted molar refractivity (Wildman–Crippen MR) is 105 cm³/mol. The third-order valence-corrected chi connectivity index (χ3v) is 5.71. The molecule has 2 heterocycles. The fraction of sp³-hybridized carbons (Fsp3) is 0.556. The Hall–Kier alpha value is -2.29. The third kappa shape index (κ3) is 5.35. The monoisotopic (exact) mass is 391 g/mol. The van der Waals surface area contributed by atoms with E-state index in [0.717, 1.165) is 18.7 Å². The maximum Gasteiger partial charge on any atom is 0.238 e. The number of amides is 2. The molecular formula is C18H25N5O3S. The molecule has 1 saturated carbocycles. The van der Waals surface area contributed by atoms with Crippen LogP contribution in [0, 0.1) is 6.92 Å². The molecule has 8 nitrogen and oxygen atoms in total. The van der Waals surface area contributed by atoms with Crippen LogP contribution in [0.4, 0.5) is 11.6 Å². The number of hydrogen-bond donors (Lipinski definition) is 2. The van der Waals surface area contributed by atoms with Crippen molar-refractivity contribution in [2.75, 3.05) is 16.4 Å². The SMILES string of the molecule is Cc1cc(NC(=O)C(C)SCC(=O)Nc2ccnn2C2CCCCC2)no1. The van der Waals surface area contributed by atoms with E-state index in [2.05, 4.69) is 20.9 Å². The van der Waals surface area contributed by atoms with Gasteiger partial charge >= 0.3 is 0 Å². The molecule has 0 saturated heterocycles. The largest absolute Gasteiger partial charge is 0.360 e. The first kappa shape index (κ1) is 19.5. The lowest BCUT2D eigenvalue weighted by Gasteiger charge is -2.23. The zero-order chi connectivity index (χ0) is 19.2. The van der Waals surface area contributed by atoms with Gasteiger partial charge in [-0.25, -0.2) is 4.68 Å². The molecule has 27 heavy (non-hydrogen) atoms. The molecule has 1 aliphatic carbocycles. The van der Waals surface area contributed by atoms with Crippen molar-refractivity contribution < 1.29 is 14.1 Å². The Balaban J connectivity index is 1.47. The van der Waals surface area contributed by atoms with Gasteiger partial charge in [-0.2, -0.15) is 5.10 Å². The summed E-state index contributed by atoms with van der Waals surface area (Å²) in [6.45, 7) is 3.51. The van der Waals surface area contributed by atoms with Crippen molar-refractivity contribution in [3.63, 3.8) is 0 Å². The molecule has 1 aliphatic rings. The predicted octanol–water partition coefficient (Wildman–Crippen LogP) is 3.38. The van der Waals surface area contributed by atoms with Gasteiger partial charge in [0.05, 0.1) is 23.2 Å². The van der Waals surface area contributed by atoms with Gasteiger partial charge in [-0.05, 0) is 26.7 Å². The fourth-order valence-corrected chi connectivity index (χ4v) is 3.82. The lowest BCUT2D eigenvalue weighted by Crippen LogP contribution is -2.26. The summed E-state index contributed by atoms with van der Waals surface area (Å²) in [6.07, 6.45) is 7.57. The second kappa shape index (κ2) is 9.07. The number of aryl methyl sites for hydroxylation is 1. The third-order valence-electron chi connectivity index (χ3n) is 4.57. The van der Waals surface area contributed by atoms with Crippen molar-refractivity contribution in [2.24, 2.45) is 0 Å². The molecule has 0 aromatic carbocycles. The van der Waals surface area contributed by atoms with Gasteiger partial charge in [0.2, 0.25) is 11.8 Å². The molecule has 0 aliphatic heterocycles. The van der Waals surface area contributed by atoms with E-state index in [1.165, 1.54) is 31.0 Å². The number of aromatic nitrogens is 3. The van der Waals surface area contributed by atoms with E-state index >= 15 is 0 Å². The molecule has 1 unspecified atom stereocenters. The second-order valence-corrected chi connectivity index (χ2v) is 8.10. The average molecular weight is 391 g/mol. The Morgan fingerprint density at radius 2 is 2.11 bits per heavy atom. The van der Waals surface area contributed by atoms with Crippen molar-refractivity contribution in [3.05, 3.63) is 24.1 Å². The van der Waals surface area contributed by atoms with Gasteiger partial charge in [-0.15, -0.1) is 11.8 Å². The van der Waals surface area contributed by atoms with Gasteiger partial charge < -0.3 is 15.2 Å². The summed E-state index contributed by atoms with van der Waals surface area (Å²) in [7, 11) is 0. The smallest absolute Gasteiger partial charge is 0.238 e. The van der Waals surface area contributed by atoms with E-state index in [-0.39, 0.29) is 17.6 Å². The molecule has 2 aromatic heterocycles. The number of hydrogen-bond acceptors (Lipinski definition) is 6. The Kier molecular flexibility index (Phi) is 6.54. The normalized spacial score (nSPS) is 16.1. The minimum atomic E-state index is -0.393. The van der Waals surface area contributed by atoms with Crippen LogP contribution in [0.15, 0.2) is 22.9 Å². The minimum absolute atomic E-state index is 0.144. The zero-order valence-corrected chi connectivity index (χ0v) is 16.4. The Bertz CT molecular complexity index is 782. The summed E-state index contributed by atoms with van der Waals surface area (Å²) in [5, 5.41) is 13.3. The van der Waals surface area contributed by atoms with E-state index in [9.17, 15) is 9.59 Å². The van der Waals surface area contributed by atoms with E-state index in [1.807, 2.05) is 10.7 Å². The van der Waals surface area contributed by atoms with Crippen molar-refractivity contribution >= 4 is 35.2 Å². The van der Waals surface area contributed by atoms with Gasteiger partial charge in [-0.1, -0.05) is 24.4 Å². The first-order valence-corrected chi connectivity index (χ1v) is 10.3. The van der Waals surface area contributed by atoms with Crippen molar-refractivity contribution in [3.8, 4) is 0 Å². The van der Waals surface area contributed by atoms with Gasteiger partial charge in [-0.3, -0.25) is 9.59 Å². The second-order valence-electron chi connectivity index (χ2n) is 6.77. The molecule has 0 bridgehead atoms. The molecule has 9 heteroatoms. The van der Waals surface area contributed by atoms with Crippen LogP contribution in [-0.4, -0.2) is 37.8 Å². The Labute approximate surface area is 162 Å². The summed E-state index contributed by atoms with van der Waals surface area (Å²) >= 11 is 1.27. The minimum Gasteiger partial charge on any atom is -0.360 e. The molecule has 1 fully saturated rings. The van der Waals surface area contributed by atoms with Crippen LogP contribution >= 0.6 is 11.8 Å². The summed E-state index contributed by atoms with van der Waals surface area (Å²) in [4.78, 5) is 24.5. The summed E-state index contributed by atoms with van der Waals surface area (Å²) in [5.74, 6) is 1.55. The highest BCUT2D eigenvalue weighted by atomic mass is 32.2. The van der Waals surface area contributed by atoms with Crippen LogP contribution in [0.25, 0.3) is 0 Å². The highest BCUT2D eigenvalue weighted by Crippen LogP contribution is 2.30. The van der Waals surface area contributed by atoms with Crippen molar-refractivity contribution in [2.45, 2.75) is 57.2 Å². The number of rotatable bonds is 7. The van der Waals surface area contributed by atoms with Gasteiger partial charge in [0.15, 0.2) is 5.82 Å². The summed E-state index contributed by atoms with van der Waals surface area (Å²) in [5.41, 5.74) is 0. The molecule has 2 aromatic rings. The Morgan fingerprint density at radius 3 is 2.81 bits per heavy atom. The van der Waals surface area contributed by atoms with E-state index in [4.69, 9.17) is 4.52 Å². The highest BCUT2D eigenvalue weighted by molar-refractivity contribution is 8.01. The van der Waals surface area contributed by atoms with Gasteiger partial charge in [0, 0.05) is 12.1 Å². The lowest BCUT2D eigenvalue weighted by atomic mass is 9.96. The first-order chi connectivity index (χ1) is 13.0. The van der Waals surface area contributed by atoms with Crippen molar-refractivity contribution in [1.82, 2.24) is 14.9 Å². The number of carbonyl (C=O) groups excluding carboxylic acids is 2. The molecule has 1 atom stereocenters. The van der Waals surface area contributed by atoms with Crippen LogP contribution in [0.2, 0.25) is 0 Å². The molecule has 2 N–H and O–H groups in total. The molecular weight excluding hydrogens is 366 g/mol. The number of carbonyl (C=O) groups is 2. The van der Waals surface area contributed by atoms with E-state index in [1.54, 1.807) is 26.1 Å². The quantitative estimate of drug-likeness (QED) is 0.750. The molecule has 0 spiro atoms. The van der Waals surface area contributed by atoms with E-state index < -0.39 is 5.25 Å². The molecule has 2 amide bonds. The summed E-state index contributed by atoms with van der Waals surface area (Å²) < 4.78 is 6.84. The maximum atomic E-state index is 12.3. The van der Waals surface area contributed by atoms with Crippen molar-refractivity contribution in [1.29, 1.82) is 0 Å². The van der Waals surface area contributed by atoms with Crippen LogP contribution in [0.3, 0.4) is 0 Å². The maximum absolute atomic E-state index is 12.3. The number of anilines is 2. The van der Waals surface area contributed by atoms with Crippen LogP contribution in [0.5, 0.6) is 0 Å². The highest BCUT2D eigenvalue weighted by Gasteiger charge is 2.20.